The Bertz CT molecular complexity index is 434. The molecule has 0 fully saturated rings. The van der Waals surface area contributed by atoms with Gasteiger partial charge in [0.25, 0.3) is 0 Å². The molecule has 0 aliphatic heterocycles. The van der Waals surface area contributed by atoms with Crippen LogP contribution >= 0.6 is 0 Å². The second-order valence-electron chi connectivity index (χ2n) is 2.75. The fraction of sp³-hybridized carbons (Fsp3) is 0.375. The van der Waals surface area contributed by atoms with E-state index in [1.54, 1.807) is 0 Å². The van der Waals surface area contributed by atoms with Crippen LogP contribution in [0.2, 0.25) is 0 Å². The summed E-state index contributed by atoms with van der Waals surface area (Å²) in [6, 6.07) is 0. The minimum Gasteiger partial charge on any atom is -0.527 e. The molecule has 0 unspecified atom stereocenters. The molecule has 1 aromatic rings. The van der Waals surface area contributed by atoms with Gasteiger partial charge in [-0.1, -0.05) is 19.7 Å². The standard InChI is InChI=1S/C8H11N3O2S.Y/c1-4-9-7-6(2)5-10-8(11-7)14(3,12)13;/h5H,2,4H2,1,3H3;/q-2;. The van der Waals surface area contributed by atoms with Crippen molar-refractivity contribution < 1.29 is 41.1 Å². The topological polar surface area (TPSA) is 74.0 Å². The van der Waals surface area contributed by atoms with E-state index in [9.17, 15) is 8.42 Å². The van der Waals surface area contributed by atoms with Crippen molar-refractivity contribution in [2.75, 3.05) is 12.8 Å². The molecule has 0 bridgehead atoms. The van der Waals surface area contributed by atoms with Crippen LogP contribution in [0.15, 0.2) is 11.4 Å². The largest absolute Gasteiger partial charge is 0.527 e. The van der Waals surface area contributed by atoms with Crippen molar-refractivity contribution in [1.82, 2.24) is 9.97 Å². The molecule has 1 rings (SSSR count). The van der Waals surface area contributed by atoms with Gasteiger partial charge in [-0.15, -0.1) is 0 Å². The summed E-state index contributed by atoms with van der Waals surface area (Å²) in [6.45, 7) is 6.01. The first-order valence-electron chi connectivity index (χ1n) is 4.01. The van der Waals surface area contributed by atoms with E-state index in [0.29, 0.717) is 17.9 Å². The van der Waals surface area contributed by atoms with Crippen molar-refractivity contribution >= 4 is 15.7 Å². The number of rotatable bonds is 3. The Morgan fingerprint density at radius 2 is 2.13 bits per heavy atom. The zero-order valence-corrected chi connectivity index (χ0v) is 12.3. The first-order valence-corrected chi connectivity index (χ1v) is 5.91. The number of aromatic nitrogens is 2. The van der Waals surface area contributed by atoms with Gasteiger partial charge in [0.15, 0.2) is 9.84 Å². The summed E-state index contributed by atoms with van der Waals surface area (Å²) >= 11 is 0. The van der Waals surface area contributed by atoms with Crippen LogP contribution in [0.4, 0.5) is 5.82 Å². The summed E-state index contributed by atoms with van der Waals surface area (Å²) in [6.07, 6.45) is 2.42. The normalized spacial score (nSPS) is 10.5. The van der Waals surface area contributed by atoms with Gasteiger partial charge in [-0.25, -0.2) is 8.42 Å². The summed E-state index contributed by atoms with van der Waals surface area (Å²) in [5, 5.41) is 3.79. The van der Waals surface area contributed by atoms with E-state index in [4.69, 9.17) is 0 Å². The molecule has 0 aliphatic carbocycles. The molecule has 7 heteroatoms. The number of hydrogen-bond acceptors (Lipinski definition) is 4. The van der Waals surface area contributed by atoms with Gasteiger partial charge >= 0.3 is 0 Å². The maximum atomic E-state index is 11.1. The second kappa shape index (κ2) is 5.77. The Hall–Kier alpha value is -0.196. The minimum atomic E-state index is -3.37. The molecule has 1 radical (unpaired) electrons. The quantitative estimate of drug-likeness (QED) is 0.618. The molecule has 0 spiro atoms. The van der Waals surface area contributed by atoms with Crippen LogP contribution in [0.5, 0.6) is 0 Å². The maximum Gasteiger partial charge on any atom is 0.187 e. The molecule has 0 saturated carbocycles. The van der Waals surface area contributed by atoms with E-state index in [1.807, 2.05) is 6.92 Å². The molecule has 0 amide bonds. The average Bonchev–Trinajstić information content (AvgIpc) is 2.07. The summed E-state index contributed by atoms with van der Waals surface area (Å²) in [5.41, 5.74) is 0.527. The smallest absolute Gasteiger partial charge is 0.187 e. The van der Waals surface area contributed by atoms with Crippen molar-refractivity contribution in [2.45, 2.75) is 12.1 Å². The van der Waals surface area contributed by atoms with Crippen LogP contribution in [0, 0.1) is 6.92 Å². The molecule has 0 atom stereocenters. The minimum absolute atomic E-state index is 0. The van der Waals surface area contributed by atoms with Gasteiger partial charge in [0.2, 0.25) is 0 Å². The Labute approximate surface area is 115 Å². The predicted octanol–water partition coefficient (Wildman–Crippen LogP) is 1.08. The molecule has 1 heterocycles. The molecule has 81 valence electrons. The Morgan fingerprint density at radius 1 is 1.53 bits per heavy atom. The molecular weight excluding hydrogens is 291 g/mol. The third-order valence-corrected chi connectivity index (χ3v) is 2.32. The van der Waals surface area contributed by atoms with Crippen LogP contribution in [0.3, 0.4) is 0 Å². The van der Waals surface area contributed by atoms with Gasteiger partial charge in [0, 0.05) is 39.0 Å². The first-order chi connectivity index (χ1) is 6.45. The summed E-state index contributed by atoms with van der Waals surface area (Å²) < 4.78 is 22.2. The van der Waals surface area contributed by atoms with Crippen molar-refractivity contribution in [3.05, 3.63) is 24.0 Å². The van der Waals surface area contributed by atoms with Crippen LogP contribution < -0.4 is 0 Å². The van der Waals surface area contributed by atoms with E-state index in [1.165, 1.54) is 6.20 Å². The van der Waals surface area contributed by atoms with Gasteiger partial charge in [-0.05, 0) is 0 Å². The van der Waals surface area contributed by atoms with Crippen LogP contribution in [0.1, 0.15) is 12.5 Å². The zero-order chi connectivity index (χ0) is 10.8. The van der Waals surface area contributed by atoms with Crippen molar-refractivity contribution in [1.29, 1.82) is 0 Å². The number of nitrogens with zero attached hydrogens (tertiary/aromatic N) is 3. The van der Waals surface area contributed by atoms with Crippen molar-refractivity contribution in [3.63, 3.8) is 0 Å². The van der Waals surface area contributed by atoms with Gasteiger partial charge in [-0.3, -0.25) is 0 Å². The second-order valence-corrected chi connectivity index (χ2v) is 4.66. The molecule has 0 N–H and O–H groups in total. The maximum absolute atomic E-state index is 11.1. The zero-order valence-electron chi connectivity index (χ0n) is 8.64. The van der Waals surface area contributed by atoms with E-state index < -0.39 is 9.84 Å². The molecule has 0 saturated heterocycles. The summed E-state index contributed by atoms with van der Waals surface area (Å²) in [4.78, 5) is 7.48. The van der Waals surface area contributed by atoms with Gasteiger partial charge in [0.05, 0.1) is 0 Å². The monoisotopic (exact) mass is 302 g/mol. The molecule has 15 heavy (non-hydrogen) atoms. The number of sulfone groups is 1. The van der Waals surface area contributed by atoms with E-state index in [2.05, 4.69) is 22.2 Å². The SMILES string of the molecule is [CH2-]c1cnc(S(C)(=O)=O)nc1[N-]CC.[Y]. The fourth-order valence-electron chi connectivity index (χ4n) is 0.847. The Kier molecular flexibility index (Phi) is 5.69. The molecule has 0 aromatic carbocycles. The van der Waals surface area contributed by atoms with Gasteiger partial charge in [0.1, 0.15) is 5.16 Å². The molecule has 1 aromatic heterocycles. The number of hydrogen-bond donors (Lipinski definition) is 0. The third-order valence-electron chi connectivity index (χ3n) is 1.46. The Morgan fingerprint density at radius 3 is 2.60 bits per heavy atom. The van der Waals surface area contributed by atoms with Gasteiger partial charge in [-0.2, -0.15) is 18.3 Å². The van der Waals surface area contributed by atoms with Crippen LogP contribution in [-0.4, -0.2) is 31.2 Å². The molecule has 5 nitrogen and oxygen atoms in total. The predicted molar refractivity (Wildman–Crippen MR) is 53.2 cm³/mol. The third kappa shape index (κ3) is 4.05. The average molecular weight is 302 g/mol. The fourth-order valence-corrected chi connectivity index (χ4v) is 1.34. The van der Waals surface area contributed by atoms with E-state index >= 15 is 0 Å². The van der Waals surface area contributed by atoms with Crippen LogP contribution in [0.25, 0.3) is 5.32 Å². The van der Waals surface area contributed by atoms with Crippen molar-refractivity contribution in [2.24, 2.45) is 0 Å². The molecule has 0 aliphatic rings. The van der Waals surface area contributed by atoms with Gasteiger partial charge < -0.3 is 15.3 Å². The molecular formula is C8H11N3O2SY-2. The Balaban J connectivity index is 0.00000196. The van der Waals surface area contributed by atoms with E-state index in [-0.39, 0.29) is 37.9 Å². The van der Waals surface area contributed by atoms with E-state index in [0.717, 1.165) is 6.26 Å². The van der Waals surface area contributed by atoms with Crippen molar-refractivity contribution in [3.8, 4) is 0 Å². The van der Waals surface area contributed by atoms with Crippen LogP contribution in [-0.2, 0) is 42.5 Å². The first kappa shape index (κ1) is 14.8. The summed E-state index contributed by atoms with van der Waals surface area (Å²) in [7, 11) is -3.37. The summed E-state index contributed by atoms with van der Waals surface area (Å²) in [5.74, 6) is 0.336.